The maximum absolute atomic E-state index is 2.53. The molecule has 0 radical (unpaired) electrons. The Morgan fingerprint density at radius 2 is 0.474 bits per heavy atom. The van der Waals surface area contributed by atoms with Gasteiger partial charge in [0, 0.05) is 0 Å². The zero-order chi connectivity index (χ0) is 27.7. The molecule has 4 aromatic carbocycles. The third-order valence-electron chi connectivity index (χ3n) is 7.45. The highest BCUT2D eigenvalue weighted by molar-refractivity contribution is 7.77. The van der Waals surface area contributed by atoms with Crippen molar-refractivity contribution in [1.29, 1.82) is 0 Å². The molecule has 0 fully saturated rings. The molecule has 2 atom stereocenters. The molecule has 4 aromatic rings. The predicted octanol–water partition coefficient (Wildman–Crippen LogP) is 8.50. The van der Waals surface area contributed by atoms with Crippen molar-refractivity contribution in [2.24, 2.45) is 0 Å². The average Bonchev–Trinajstić information content (AvgIpc) is 2.76. The maximum Gasteiger partial charge on any atom is -0.00861 e. The van der Waals surface area contributed by atoms with Gasteiger partial charge in [0.2, 0.25) is 0 Å². The fourth-order valence-corrected chi connectivity index (χ4v) is 12.9. The molecule has 0 amide bonds. The van der Waals surface area contributed by atoms with Crippen molar-refractivity contribution in [1.82, 2.24) is 0 Å². The summed E-state index contributed by atoms with van der Waals surface area (Å²) in [5, 5.41) is 6.05. The minimum Gasteiger partial charge on any atom is -0.0573 e. The molecule has 4 rings (SSSR count). The molecular formula is C36H44P2. The standard InChI is InChI=1S/C36H44P2/c1-23-11-24(2)16-33(15-23)37(34-17-25(3)12-26(4)18-34)31(9)32(10)38(35-19-27(5)13-28(6)20-35)36-21-29(7)14-30(8)22-36/h11-22,31-32H,1-10H3/t31-,32-/m1/s1. The molecule has 0 aliphatic carbocycles. The van der Waals surface area contributed by atoms with E-state index in [-0.39, 0.29) is 0 Å². The summed E-state index contributed by atoms with van der Waals surface area (Å²) in [5.74, 6) is 0. The van der Waals surface area contributed by atoms with Crippen LogP contribution >= 0.6 is 15.8 Å². The second-order valence-corrected chi connectivity index (χ2v) is 16.8. The summed E-state index contributed by atoms with van der Waals surface area (Å²) >= 11 is 0. The second kappa shape index (κ2) is 11.9. The summed E-state index contributed by atoms with van der Waals surface area (Å²) in [6, 6.07) is 28.9. The SMILES string of the molecule is Cc1cc(C)cc(P(c2cc(C)cc(C)c2)[C@H](C)[C@@H](C)P(c2cc(C)cc(C)c2)c2cc(C)cc(C)c2)c1. The minimum absolute atomic E-state index is 0.514. The van der Waals surface area contributed by atoms with Crippen molar-refractivity contribution in [2.75, 3.05) is 0 Å². The van der Waals surface area contributed by atoms with Crippen LogP contribution in [-0.2, 0) is 0 Å². The monoisotopic (exact) mass is 538 g/mol. The highest BCUT2D eigenvalue weighted by atomic mass is 31.1. The lowest BCUT2D eigenvalue weighted by molar-refractivity contribution is 0.911. The predicted molar refractivity (Wildman–Crippen MR) is 175 cm³/mol. The van der Waals surface area contributed by atoms with Crippen LogP contribution in [0.1, 0.15) is 58.4 Å². The Morgan fingerprint density at radius 1 is 0.316 bits per heavy atom. The molecule has 0 saturated heterocycles. The Balaban J connectivity index is 1.91. The van der Waals surface area contributed by atoms with Gasteiger partial charge in [-0.05, 0) is 104 Å². The highest BCUT2D eigenvalue weighted by Gasteiger charge is 2.33. The zero-order valence-electron chi connectivity index (χ0n) is 25.0. The van der Waals surface area contributed by atoms with Crippen molar-refractivity contribution in [3.63, 3.8) is 0 Å². The van der Waals surface area contributed by atoms with Crippen LogP contribution in [0, 0.1) is 55.4 Å². The van der Waals surface area contributed by atoms with Gasteiger partial charge in [0.15, 0.2) is 0 Å². The number of aryl methyl sites for hydroxylation is 8. The fourth-order valence-electron chi connectivity index (χ4n) is 6.03. The molecule has 0 bridgehead atoms. The first-order valence-corrected chi connectivity index (χ1v) is 16.6. The van der Waals surface area contributed by atoms with Gasteiger partial charge in [0.25, 0.3) is 0 Å². The van der Waals surface area contributed by atoms with Crippen LogP contribution in [-0.4, -0.2) is 11.3 Å². The summed E-state index contributed by atoms with van der Waals surface area (Å²) in [6.07, 6.45) is 0. The number of hydrogen-bond acceptors (Lipinski definition) is 0. The summed E-state index contributed by atoms with van der Waals surface area (Å²) < 4.78 is 0. The van der Waals surface area contributed by atoms with E-state index in [1.54, 1.807) is 0 Å². The largest absolute Gasteiger partial charge is 0.0573 e. The van der Waals surface area contributed by atoms with Crippen molar-refractivity contribution >= 4 is 37.1 Å². The normalized spacial score (nSPS) is 13.3. The molecule has 0 N–H and O–H groups in total. The summed E-state index contributed by atoms with van der Waals surface area (Å²) in [6.45, 7) is 23.0. The van der Waals surface area contributed by atoms with E-state index in [0.717, 1.165) is 0 Å². The summed E-state index contributed by atoms with van der Waals surface area (Å²) in [7, 11) is -1.09. The van der Waals surface area contributed by atoms with E-state index in [4.69, 9.17) is 0 Å². The molecule has 0 heterocycles. The fraction of sp³-hybridized carbons (Fsp3) is 0.333. The van der Waals surface area contributed by atoms with E-state index < -0.39 is 15.8 Å². The first-order valence-electron chi connectivity index (χ1n) is 13.8. The molecule has 198 valence electrons. The number of rotatable bonds is 7. The lowest BCUT2D eigenvalue weighted by Crippen LogP contribution is -2.32. The number of benzene rings is 4. The van der Waals surface area contributed by atoms with Gasteiger partial charge in [-0.2, -0.15) is 0 Å². The van der Waals surface area contributed by atoms with Crippen molar-refractivity contribution in [3.8, 4) is 0 Å². The quantitative estimate of drug-likeness (QED) is 0.207. The van der Waals surface area contributed by atoms with Gasteiger partial charge in [-0.25, -0.2) is 0 Å². The first-order chi connectivity index (χ1) is 17.9. The van der Waals surface area contributed by atoms with Gasteiger partial charge >= 0.3 is 0 Å². The maximum atomic E-state index is 2.53. The third-order valence-corrected chi connectivity index (χ3v) is 13.5. The Morgan fingerprint density at radius 3 is 0.632 bits per heavy atom. The molecule has 0 unspecified atom stereocenters. The molecule has 0 aliphatic heterocycles. The van der Waals surface area contributed by atoms with E-state index >= 15 is 0 Å². The van der Waals surface area contributed by atoms with Crippen LogP contribution in [0.4, 0.5) is 0 Å². The van der Waals surface area contributed by atoms with Gasteiger partial charge in [-0.3, -0.25) is 0 Å². The molecule has 0 aliphatic rings. The molecule has 0 spiro atoms. The van der Waals surface area contributed by atoms with Crippen LogP contribution in [0.2, 0.25) is 0 Å². The summed E-state index contributed by atoms with van der Waals surface area (Å²) in [4.78, 5) is 0. The van der Waals surface area contributed by atoms with Crippen LogP contribution in [0.5, 0.6) is 0 Å². The average molecular weight is 539 g/mol. The molecule has 0 aromatic heterocycles. The number of hydrogen-bond donors (Lipinski definition) is 0. The van der Waals surface area contributed by atoms with Gasteiger partial charge in [0.05, 0.1) is 0 Å². The zero-order valence-corrected chi connectivity index (χ0v) is 26.8. The third kappa shape index (κ3) is 6.65. The van der Waals surface area contributed by atoms with Gasteiger partial charge in [-0.15, -0.1) is 0 Å². The van der Waals surface area contributed by atoms with Crippen LogP contribution < -0.4 is 21.2 Å². The van der Waals surface area contributed by atoms with Crippen LogP contribution in [0.15, 0.2) is 72.8 Å². The van der Waals surface area contributed by atoms with E-state index in [2.05, 4.69) is 142 Å². The molecular weight excluding hydrogens is 494 g/mol. The second-order valence-electron chi connectivity index (χ2n) is 11.6. The minimum atomic E-state index is -0.544. The smallest absolute Gasteiger partial charge is 0.00861 e. The first kappa shape index (κ1) is 28.7. The van der Waals surface area contributed by atoms with Gasteiger partial charge in [0.1, 0.15) is 0 Å². The Bertz CT molecular complexity index is 1150. The molecule has 38 heavy (non-hydrogen) atoms. The Kier molecular flexibility index (Phi) is 8.97. The van der Waals surface area contributed by atoms with Crippen LogP contribution in [0.25, 0.3) is 0 Å². The van der Waals surface area contributed by atoms with E-state index in [1.807, 2.05) is 0 Å². The van der Waals surface area contributed by atoms with Crippen LogP contribution in [0.3, 0.4) is 0 Å². The van der Waals surface area contributed by atoms with E-state index in [1.165, 1.54) is 65.7 Å². The molecule has 0 nitrogen and oxygen atoms in total. The van der Waals surface area contributed by atoms with Gasteiger partial charge in [-0.1, -0.05) is 131 Å². The van der Waals surface area contributed by atoms with E-state index in [0.29, 0.717) is 11.3 Å². The lowest BCUT2D eigenvalue weighted by Gasteiger charge is -2.36. The molecule has 2 heteroatoms. The Labute approximate surface area is 234 Å². The van der Waals surface area contributed by atoms with Crippen molar-refractivity contribution in [2.45, 2.75) is 80.6 Å². The van der Waals surface area contributed by atoms with Crippen molar-refractivity contribution in [3.05, 3.63) is 117 Å². The summed E-state index contributed by atoms with van der Waals surface area (Å²) in [5.41, 5.74) is 11.9. The Hall–Kier alpha value is -2.26. The topological polar surface area (TPSA) is 0 Å². The highest BCUT2D eigenvalue weighted by Crippen LogP contribution is 2.52. The van der Waals surface area contributed by atoms with Crippen molar-refractivity contribution < 1.29 is 0 Å². The molecule has 0 saturated carbocycles. The van der Waals surface area contributed by atoms with E-state index in [9.17, 15) is 0 Å². The van der Waals surface area contributed by atoms with Gasteiger partial charge < -0.3 is 0 Å². The lowest BCUT2D eigenvalue weighted by atomic mass is 10.2.